The fourth-order valence-corrected chi connectivity index (χ4v) is 4.60. The van der Waals surface area contributed by atoms with E-state index in [1.807, 2.05) is 19.1 Å². The molecule has 6 nitrogen and oxygen atoms in total. The van der Waals surface area contributed by atoms with E-state index in [0.717, 1.165) is 31.6 Å². The number of benzene rings is 2. The van der Waals surface area contributed by atoms with Crippen LogP contribution in [0.15, 0.2) is 53.4 Å². The molecular formula is C22H29N3O3S. The van der Waals surface area contributed by atoms with Crippen LogP contribution in [0.4, 0.5) is 5.69 Å². The quantitative estimate of drug-likeness (QED) is 0.648. The first-order chi connectivity index (χ1) is 14.0. The van der Waals surface area contributed by atoms with Crippen molar-refractivity contribution in [3.8, 4) is 0 Å². The van der Waals surface area contributed by atoms with Crippen molar-refractivity contribution in [2.24, 2.45) is 0 Å². The van der Waals surface area contributed by atoms with Gasteiger partial charge in [0.05, 0.1) is 10.6 Å². The Hall–Kier alpha value is -2.38. The predicted molar refractivity (Wildman–Crippen MR) is 116 cm³/mol. The first-order valence-electron chi connectivity index (χ1n) is 10.1. The van der Waals surface area contributed by atoms with E-state index in [0.29, 0.717) is 17.8 Å². The lowest BCUT2D eigenvalue weighted by atomic mass is 10.1. The van der Waals surface area contributed by atoms with Gasteiger partial charge in [-0.25, -0.2) is 8.42 Å². The molecule has 1 fully saturated rings. The third kappa shape index (κ3) is 6.05. The van der Waals surface area contributed by atoms with Crippen molar-refractivity contribution in [3.63, 3.8) is 0 Å². The van der Waals surface area contributed by atoms with Crippen LogP contribution in [0.1, 0.15) is 41.6 Å². The van der Waals surface area contributed by atoms with Gasteiger partial charge in [0.15, 0.2) is 0 Å². The zero-order valence-electron chi connectivity index (χ0n) is 16.9. The highest BCUT2D eigenvalue weighted by atomic mass is 32.2. The summed E-state index contributed by atoms with van der Waals surface area (Å²) in [6.07, 6.45) is 4.76. The van der Waals surface area contributed by atoms with Gasteiger partial charge in [0.25, 0.3) is 15.9 Å². The van der Waals surface area contributed by atoms with E-state index in [9.17, 15) is 13.2 Å². The predicted octanol–water partition coefficient (Wildman–Crippen LogP) is 3.40. The molecule has 0 aliphatic carbocycles. The second-order valence-corrected chi connectivity index (χ2v) is 9.14. The number of hydrogen-bond donors (Lipinski definition) is 2. The van der Waals surface area contributed by atoms with Gasteiger partial charge in [0.2, 0.25) is 0 Å². The summed E-state index contributed by atoms with van der Waals surface area (Å²) >= 11 is 0. The number of para-hydroxylation sites is 1. The molecule has 0 spiro atoms. The highest BCUT2D eigenvalue weighted by Crippen LogP contribution is 2.19. The van der Waals surface area contributed by atoms with Gasteiger partial charge in [0, 0.05) is 12.1 Å². The molecule has 7 heteroatoms. The third-order valence-corrected chi connectivity index (χ3v) is 6.58. The summed E-state index contributed by atoms with van der Waals surface area (Å²) in [5.41, 5.74) is 1.84. The number of sulfonamides is 1. The summed E-state index contributed by atoms with van der Waals surface area (Å²) in [6.45, 7) is 5.77. The van der Waals surface area contributed by atoms with Crippen molar-refractivity contribution in [1.82, 2.24) is 10.2 Å². The van der Waals surface area contributed by atoms with E-state index in [4.69, 9.17) is 0 Å². The van der Waals surface area contributed by atoms with Crippen LogP contribution in [0, 0.1) is 6.92 Å². The van der Waals surface area contributed by atoms with Crippen molar-refractivity contribution in [1.29, 1.82) is 0 Å². The van der Waals surface area contributed by atoms with Crippen molar-refractivity contribution in [2.45, 2.75) is 37.5 Å². The molecule has 0 radical (unpaired) electrons. The molecule has 1 amide bonds. The number of piperidine rings is 1. The Balaban J connectivity index is 1.52. The van der Waals surface area contributed by atoms with Gasteiger partial charge < -0.3 is 10.2 Å². The van der Waals surface area contributed by atoms with E-state index in [1.54, 1.807) is 24.3 Å². The minimum atomic E-state index is -3.70. The standard InChI is InChI=1S/C22H29N3O3S/c1-18-8-3-4-9-21(18)24-29(27,28)20-12-10-19(11-13-20)22(26)23-14-7-17-25-15-5-2-6-16-25/h3-4,8-13,24H,2,5-7,14-17H2,1H3,(H,23,26). The number of rotatable bonds is 8. The Morgan fingerprint density at radius 2 is 1.69 bits per heavy atom. The summed E-state index contributed by atoms with van der Waals surface area (Å²) in [6, 6.07) is 13.2. The number of anilines is 1. The Morgan fingerprint density at radius 1 is 1.00 bits per heavy atom. The summed E-state index contributed by atoms with van der Waals surface area (Å²) in [7, 11) is -3.70. The second-order valence-electron chi connectivity index (χ2n) is 7.46. The molecule has 0 aromatic heterocycles. The number of carbonyl (C=O) groups is 1. The number of aryl methyl sites for hydroxylation is 1. The van der Waals surface area contributed by atoms with E-state index < -0.39 is 10.0 Å². The summed E-state index contributed by atoms with van der Waals surface area (Å²) in [5.74, 6) is -0.181. The monoisotopic (exact) mass is 415 g/mol. The normalized spacial score (nSPS) is 15.1. The second kappa shape index (κ2) is 9.89. The minimum Gasteiger partial charge on any atom is -0.352 e. The van der Waals surface area contributed by atoms with E-state index >= 15 is 0 Å². The molecule has 29 heavy (non-hydrogen) atoms. The molecule has 1 saturated heterocycles. The Morgan fingerprint density at radius 3 is 2.38 bits per heavy atom. The number of nitrogens with zero attached hydrogens (tertiary/aromatic N) is 1. The molecule has 0 bridgehead atoms. The molecule has 0 unspecified atom stereocenters. The lowest BCUT2D eigenvalue weighted by Crippen LogP contribution is -2.33. The van der Waals surface area contributed by atoms with Crippen molar-refractivity contribution in [3.05, 3.63) is 59.7 Å². The first-order valence-corrected chi connectivity index (χ1v) is 11.6. The van der Waals surface area contributed by atoms with Crippen LogP contribution >= 0.6 is 0 Å². The zero-order valence-corrected chi connectivity index (χ0v) is 17.7. The molecule has 0 atom stereocenters. The highest BCUT2D eigenvalue weighted by Gasteiger charge is 2.16. The third-order valence-electron chi connectivity index (χ3n) is 5.20. The molecule has 1 aliphatic heterocycles. The van der Waals surface area contributed by atoms with Gasteiger partial charge in [-0.05, 0) is 81.7 Å². The topological polar surface area (TPSA) is 78.5 Å². The maximum Gasteiger partial charge on any atom is 0.261 e. The van der Waals surface area contributed by atoms with Crippen LogP contribution in [0.2, 0.25) is 0 Å². The Kier molecular flexibility index (Phi) is 7.28. The van der Waals surface area contributed by atoms with Gasteiger partial charge >= 0.3 is 0 Å². The van der Waals surface area contributed by atoms with Gasteiger partial charge in [-0.1, -0.05) is 24.6 Å². The summed E-state index contributed by atoms with van der Waals surface area (Å²) in [5, 5.41) is 2.91. The first kappa shape index (κ1) is 21.3. The summed E-state index contributed by atoms with van der Waals surface area (Å²) in [4.78, 5) is 14.9. The zero-order chi connectivity index (χ0) is 20.7. The maximum atomic E-state index is 12.6. The van der Waals surface area contributed by atoms with Crippen LogP contribution in [0.5, 0.6) is 0 Å². The lowest BCUT2D eigenvalue weighted by molar-refractivity contribution is 0.0951. The Labute approximate surface area is 173 Å². The number of carbonyl (C=O) groups excluding carboxylic acids is 1. The molecular weight excluding hydrogens is 386 g/mol. The van der Waals surface area contributed by atoms with Crippen LogP contribution in [-0.4, -0.2) is 45.4 Å². The Bertz CT molecular complexity index is 921. The minimum absolute atomic E-state index is 0.127. The highest BCUT2D eigenvalue weighted by molar-refractivity contribution is 7.92. The SMILES string of the molecule is Cc1ccccc1NS(=O)(=O)c1ccc(C(=O)NCCCN2CCCCC2)cc1. The fourth-order valence-electron chi connectivity index (χ4n) is 3.47. The van der Waals surface area contributed by atoms with Gasteiger partial charge in [-0.15, -0.1) is 0 Å². The van der Waals surface area contributed by atoms with E-state index in [1.165, 1.54) is 31.4 Å². The molecule has 1 heterocycles. The average Bonchev–Trinajstić information content (AvgIpc) is 2.73. The fraction of sp³-hybridized carbons (Fsp3) is 0.409. The smallest absolute Gasteiger partial charge is 0.261 e. The molecule has 2 aromatic carbocycles. The van der Waals surface area contributed by atoms with Crippen molar-refractivity contribution < 1.29 is 13.2 Å². The number of nitrogens with one attached hydrogen (secondary N) is 2. The van der Waals surface area contributed by atoms with E-state index in [-0.39, 0.29) is 10.8 Å². The number of hydrogen-bond acceptors (Lipinski definition) is 4. The van der Waals surface area contributed by atoms with Gasteiger partial charge in [0.1, 0.15) is 0 Å². The summed E-state index contributed by atoms with van der Waals surface area (Å²) < 4.78 is 27.8. The maximum absolute atomic E-state index is 12.6. The average molecular weight is 416 g/mol. The van der Waals surface area contributed by atoms with Crippen molar-refractivity contribution in [2.75, 3.05) is 30.9 Å². The number of amides is 1. The number of likely N-dealkylation sites (tertiary alicyclic amines) is 1. The van der Waals surface area contributed by atoms with E-state index in [2.05, 4.69) is 14.9 Å². The van der Waals surface area contributed by atoms with Gasteiger partial charge in [-0.2, -0.15) is 0 Å². The molecule has 1 aliphatic rings. The lowest BCUT2D eigenvalue weighted by Gasteiger charge is -2.26. The molecule has 156 valence electrons. The largest absolute Gasteiger partial charge is 0.352 e. The van der Waals surface area contributed by atoms with Crippen LogP contribution < -0.4 is 10.0 Å². The molecule has 0 saturated carbocycles. The van der Waals surface area contributed by atoms with Gasteiger partial charge in [-0.3, -0.25) is 9.52 Å². The van der Waals surface area contributed by atoms with Crippen LogP contribution in [0.25, 0.3) is 0 Å². The molecule has 2 aromatic rings. The van der Waals surface area contributed by atoms with Crippen LogP contribution in [-0.2, 0) is 10.0 Å². The molecule has 3 rings (SSSR count). The van der Waals surface area contributed by atoms with Crippen LogP contribution in [0.3, 0.4) is 0 Å². The van der Waals surface area contributed by atoms with Crippen molar-refractivity contribution >= 4 is 21.6 Å². The molecule has 2 N–H and O–H groups in total.